The average molecular weight is 329 g/mol. The Kier molecular flexibility index (Phi) is 5.18. The van der Waals surface area contributed by atoms with E-state index in [-0.39, 0.29) is 0 Å². The number of allylic oxidation sites excluding steroid dienone is 1. The van der Waals surface area contributed by atoms with Crippen LogP contribution in [0.15, 0.2) is 43.2 Å². The molecule has 0 spiro atoms. The highest BCUT2D eigenvalue weighted by atomic mass is 32.1. The van der Waals surface area contributed by atoms with E-state index in [0.717, 1.165) is 62.1 Å². The van der Waals surface area contributed by atoms with Gasteiger partial charge in [-0.3, -0.25) is 0 Å². The third kappa shape index (κ3) is 3.85. The van der Waals surface area contributed by atoms with E-state index in [1.54, 1.807) is 0 Å². The van der Waals surface area contributed by atoms with Crippen LogP contribution >= 0.6 is 12.2 Å². The second-order valence-corrected chi connectivity index (χ2v) is 6.16. The number of hydrogen-bond donors (Lipinski definition) is 1. The molecule has 2 heterocycles. The summed E-state index contributed by atoms with van der Waals surface area (Å²) in [5.41, 5.74) is 2.42. The van der Waals surface area contributed by atoms with Gasteiger partial charge in [-0.25, -0.2) is 0 Å². The molecule has 5 heteroatoms. The number of fused-ring (bicyclic) bond motifs is 1. The van der Waals surface area contributed by atoms with Crippen LogP contribution in [0.2, 0.25) is 0 Å². The molecule has 1 saturated heterocycles. The molecule has 0 saturated carbocycles. The smallest absolute Gasteiger partial charge is 0.173 e. The minimum Gasteiger partial charge on any atom is -0.493 e. The Hall–Kier alpha value is -2.01. The second-order valence-electron chi connectivity index (χ2n) is 5.77. The van der Waals surface area contributed by atoms with Crippen LogP contribution in [0.25, 0.3) is 5.57 Å². The Morgan fingerprint density at radius 3 is 2.78 bits per heavy atom. The van der Waals surface area contributed by atoms with Crippen LogP contribution in [0.5, 0.6) is 5.75 Å². The van der Waals surface area contributed by atoms with E-state index >= 15 is 0 Å². The van der Waals surface area contributed by atoms with Crippen LogP contribution in [0, 0.1) is 0 Å². The van der Waals surface area contributed by atoms with Crippen LogP contribution in [0.3, 0.4) is 0 Å². The van der Waals surface area contributed by atoms with E-state index in [0.29, 0.717) is 0 Å². The van der Waals surface area contributed by atoms with Gasteiger partial charge < -0.3 is 19.9 Å². The predicted molar refractivity (Wildman–Crippen MR) is 98.2 cm³/mol. The molecule has 0 unspecified atom stereocenters. The van der Waals surface area contributed by atoms with E-state index in [1.807, 2.05) is 24.4 Å². The maximum atomic E-state index is 5.80. The van der Waals surface area contributed by atoms with Crippen LogP contribution in [-0.2, 0) is 0 Å². The fourth-order valence-corrected chi connectivity index (χ4v) is 3.18. The maximum Gasteiger partial charge on any atom is 0.173 e. The van der Waals surface area contributed by atoms with Gasteiger partial charge in [-0.15, -0.1) is 0 Å². The van der Waals surface area contributed by atoms with Gasteiger partial charge in [0.2, 0.25) is 0 Å². The molecule has 0 radical (unpaired) electrons. The number of rotatable bonds is 2. The fourth-order valence-electron chi connectivity index (χ4n) is 2.93. The van der Waals surface area contributed by atoms with Gasteiger partial charge in [0, 0.05) is 37.9 Å². The van der Waals surface area contributed by atoms with Crippen LogP contribution in [0.4, 0.5) is 0 Å². The SMILES string of the molecule is C=CN1CCN(C(=S)N/C=C2/CCCOc3ccccc32)CC1. The molecule has 1 aromatic rings. The quantitative estimate of drug-likeness (QED) is 0.842. The van der Waals surface area contributed by atoms with Crippen molar-refractivity contribution in [2.45, 2.75) is 12.8 Å². The van der Waals surface area contributed by atoms with Crippen molar-refractivity contribution in [3.05, 3.63) is 48.8 Å². The van der Waals surface area contributed by atoms with E-state index in [1.165, 1.54) is 5.57 Å². The minimum absolute atomic E-state index is 0.766. The zero-order valence-corrected chi connectivity index (χ0v) is 14.1. The number of para-hydroxylation sites is 1. The lowest BCUT2D eigenvalue weighted by molar-refractivity contribution is 0.237. The Balaban J connectivity index is 1.65. The Labute approximate surface area is 143 Å². The summed E-state index contributed by atoms with van der Waals surface area (Å²) >= 11 is 5.54. The lowest BCUT2D eigenvalue weighted by Crippen LogP contribution is -2.49. The molecule has 1 aromatic carbocycles. The highest BCUT2D eigenvalue weighted by Crippen LogP contribution is 2.31. The van der Waals surface area contributed by atoms with Gasteiger partial charge in [0.1, 0.15) is 5.75 Å². The standard InChI is InChI=1S/C18H23N3OS/c1-2-20-9-11-21(12-10-20)18(23)19-14-15-6-5-13-22-17-8-4-3-7-16(15)17/h2-4,7-8,14H,1,5-6,9-13H2,(H,19,23)/b15-14-. The zero-order chi connectivity index (χ0) is 16.1. The molecule has 2 aliphatic rings. The summed E-state index contributed by atoms with van der Waals surface area (Å²) in [6.45, 7) is 8.39. The van der Waals surface area contributed by atoms with E-state index in [2.05, 4.69) is 34.0 Å². The second kappa shape index (κ2) is 7.51. The molecular weight excluding hydrogens is 306 g/mol. The molecule has 1 fully saturated rings. The molecule has 4 nitrogen and oxygen atoms in total. The first-order chi connectivity index (χ1) is 11.3. The summed E-state index contributed by atoms with van der Waals surface area (Å²) in [5.74, 6) is 0.962. The highest BCUT2D eigenvalue weighted by molar-refractivity contribution is 7.80. The highest BCUT2D eigenvalue weighted by Gasteiger charge is 2.17. The summed E-state index contributed by atoms with van der Waals surface area (Å²) in [6.07, 6.45) is 5.97. The van der Waals surface area contributed by atoms with Gasteiger partial charge in [-0.1, -0.05) is 24.8 Å². The topological polar surface area (TPSA) is 27.7 Å². The molecule has 0 aliphatic carbocycles. The Bertz CT molecular complexity index is 606. The average Bonchev–Trinajstić information content (AvgIpc) is 2.82. The maximum absolute atomic E-state index is 5.80. The number of nitrogens with one attached hydrogen (secondary N) is 1. The summed E-state index contributed by atoms with van der Waals surface area (Å²) in [5, 5.41) is 4.11. The summed E-state index contributed by atoms with van der Waals surface area (Å²) in [6, 6.07) is 8.20. The largest absolute Gasteiger partial charge is 0.493 e. The van der Waals surface area contributed by atoms with Crippen molar-refractivity contribution in [1.29, 1.82) is 0 Å². The van der Waals surface area contributed by atoms with Gasteiger partial charge >= 0.3 is 0 Å². The predicted octanol–water partition coefficient (Wildman–Crippen LogP) is 2.84. The van der Waals surface area contributed by atoms with Crippen molar-refractivity contribution in [3.63, 3.8) is 0 Å². The van der Waals surface area contributed by atoms with E-state index in [4.69, 9.17) is 17.0 Å². The molecule has 0 aromatic heterocycles. The summed E-state index contributed by atoms with van der Waals surface area (Å²) in [7, 11) is 0. The van der Waals surface area contributed by atoms with Crippen molar-refractivity contribution in [2.24, 2.45) is 0 Å². The molecule has 3 rings (SSSR count). The van der Waals surface area contributed by atoms with E-state index in [9.17, 15) is 0 Å². The number of thiocarbonyl (C=S) groups is 1. The van der Waals surface area contributed by atoms with Gasteiger partial charge in [0.05, 0.1) is 6.61 Å². The Morgan fingerprint density at radius 2 is 2.00 bits per heavy atom. The van der Waals surface area contributed by atoms with Gasteiger partial charge in [-0.05, 0) is 42.9 Å². The van der Waals surface area contributed by atoms with E-state index < -0.39 is 0 Å². The van der Waals surface area contributed by atoms with Gasteiger partial charge in [0.25, 0.3) is 0 Å². The van der Waals surface area contributed by atoms with Crippen molar-refractivity contribution in [2.75, 3.05) is 32.8 Å². The number of benzene rings is 1. The lowest BCUT2D eigenvalue weighted by atomic mass is 10.0. The van der Waals surface area contributed by atoms with Crippen LogP contribution in [0.1, 0.15) is 18.4 Å². The van der Waals surface area contributed by atoms with Crippen LogP contribution < -0.4 is 10.1 Å². The first-order valence-corrected chi connectivity index (χ1v) is 8.52. The van der Waals surface area contributed by atoms with Crippen molar-refractivity contribution < 1.29 is 4.74 Å². The molecule has 23 heavy (non-hydrogen) atoms. The molecule has 1 N–H and O–H groups in total. The third-order valence-electron chi connectivity index (χ3n) is 4.31. The molecule has 0 amide bonds. The van der Waals surface area contributed by atoms with Crippen molar-refractivity contribution >= 4 is 22.9 Å². The summed E-state index contributed by atoms with van der Waals surface area (Å²) < 4.78 is 5.80. The molecule has 122 valence electrons. The zero-order valence-electron chi connectivity index (χ0n) is 13.3. The lowest BCUT2D eigenvalue weighted by Gasteiger charge is -2.35. The van der Waals surface area contributed by atoms with Crippen molar-refractivity contribution in [1.82, 2.24) is 15.1 Å². The first kappa shape index (κ1) is 15.9. The molecule has 0 bridgehead atoms. The molecule has 0 atom stereocenters. The molecular formula is C18H23N3OS. The Morgan fingerprint density at radius 1 is 1.22 bits per heavy atom. The van der Waals surface area contributed by atoms with Crippen LogP contribution in [-0.4, -0.2) is 47.7 Å². The van der Waals surface area contributed by atoms with Gasteiger partial charge in [-0.2, -0.15) is 0 Å². The minimum atomic E-state index is 0.766. The number of ether oxygens (including phenoxy) is 1. The monoisotopic (exact) mass is 329 g/mol. The number of nitrogens with zero attached hydrogens (tertiary/aromatic N) is 2. The first-order valence-electron chi connectivity index (χ1n) is 8.11. The fraction of sp³-hybridized carbons (Fsp3) is 0.389. The molecule has 2 aliphatic heterocycles. The summed E-state index contributed by atoms with van der Waals surface area (Å²) in [4.78, 5) is 4.43. The number of piperazine rings is 1. The normalized spacial score (nSPS) is 19.6. The van der Waals surface area contributed by atoms with Crippen molar-refractivity contribution in [3.8, 4) is 5.75 Å². The van der Waals surface area contributed by atoms with Gasteiger partial charge in [0.15, 0.2) is 5.11 Å². The third-order valence-corrected chi connectivity index (χ3v) is 4.69. The number of hydrogen-bond acceptors (Lipinski definition) is 3.